The molecular weight excluding hydrogens is 887 g/mol. The van der Waals surface area contributed by atoms with Gasteiger partial charge in [0, 0.05) is 30.8 Å². The van der Waals surface area contributed by atoms with Gasteiger partial charge >= 0.3 is 11.9 Å². The molecule has 2 rings (SSSR count). The molecule has 5 N–H and O–H groups in total. The van der Waals surface area contributed by atoms with Gasteiger partial charge in [-0.1, -0.05) is 199 Å². The van der Waals surface area contributed by atoms with Gasteiger partial charge in [0.25, 0.3) is 0 Å². The quantitative estimate of drug-likeness (QED) is 0.0305. The number of esters is 2. The maximum absolute atomic E-state index is 13.8. The van der Waals surface area contributed by atoms with Crippen molar-refractivity contribution >= 4 is 41.3 Å². The van der Waals surface area contributed by atoms with E-state index in [0.29, 0.717) is 12.8 Å². The molecule has 1 saturated heterocycles. The molecule has 15 nitrogen and oxygen atoms in total. The Bertz CT molecular complexity index is 1440. The Morgan fingerprint density at radius 3 is 1.57 bits per heavy atom. The number of anilines is 1. The molecule has 0 aliphatic carbocycles. The molecule has 0 saturated carbocycles. The number of nitrogens with one attached hydrogen (secondary N) is 2. The van der Waals surface area contributed by atoms with Crippen LogP contribution in [-0.4, -0.2) is 109 Å². The standard InChI is InChI=1S/C52H95N5O10S/c1-4-7-10-13-16-19-22-25-28-31-34-46(59)53-43(51(64)54-45-37-57(56-55-45)52-50(63)49(62)44(38-58)67-52)41-68-40-42(66-48(61)36-33-30-27-24-21-18-15-12-9-6-3)39-65-47(60)35-32-29-26-23-20-17-14-11-8-5-2/h37,42-44,49-50,52,58,62-63H,4-36,38-41H2,1-3H3,(H,53,59)(H,54,64)/t42-,43-,44?,49-,50-,52+/m1/s1. The van der Waals surface area contributed by atoms with Crippen molar-refractivity contribution < 1.29 is 48.7 Å². The van der Waals surface area contributed by atoms with Crippen LogP contribution in [-0.2, 0) is 33.4 Å². The number of thioether (sulfide) groups is 1. The van der Waals surface area contributed by atoms with Crippen LogP contribution in [0, 0.1) is 0 Å². The first-order valence-corrected chi connectivity index (χ1v) is 28.4. The average molecular weight is 982 g/mol. The van der Waals surface area contributed by atoms with Gasteiger partial charge in [0.05, 0.1) is 12.8 Å². The fourth-order valence-corrected chi connectivity index (χ4v) is 9.48. The fourth-order valence-electron chi connectivity index (χ4n) is 8.44. The Morgan fingerprint density at radius 2 is 1.10 bits per heavy atom. The number of aromatic nitrogens is 3. The second kappa shape index (κ2) is 40.9. The summed E-state index contributed by atoms with van der Waals surface area (Å²) in [6.45, 7) is 6.06. The molecule has 1 aliphatic rings. The van der Waals surface area contributed by atoms with E-state index in [1.54, 1.807) is 0 Å². The molecule has 1 unspecified atom stereocenters. The van der Waals surface area contributed by atoms with Gasteiger partial charge in [-0.15, -0.1) is 5.10 Å². The van der Waals surface area contributed by atoms with Crippen LogP contribution in [0.15, 0.2) is 6.20 Å². The number of aliphatic hydroxyl groups is 3. The van der Waals surface area contributed by atoms with Gasteiger partial charge in [0.2, 0.25) is 11.8 Å². The number of aliphatic hydroxyl groups excluding tert-OH is 3. The maximum Gasteiger partial charge on any atom is 0.306 e. The lowest BCUT2D eigenvalue weighted by atomic mass is 10.1. The molecule has 394 valence electrons. The Morgan fingerprint density at radius 1 is 0.647 bits per heavy atom. The van der Waals surface area contributed by atoms with Crippen molar-refractivity contribution in [1.82, 2.24) is 20.3 Å². The first kappa shape index (κ1) is 61.3. The van der Waals surface area contributed by atoms with Crippen molar-refractivity contribution in [3.8, 4) is 0 Å². The zero-order valence-electron chi connectivity index (χ0n) is 42.7. The van der Waals surface area contributed by atoms with E-state index in [0.717, 1.165) is 68.9 Å². The Balaban J connectivity index is 2.00. The van der Waals surface area contributed by atoms with Gasteiger partial charge in [-0.25, -0.2) is 4.68 Å². The zero-order valence-corrected chi connectivity index (χ0v) is 43.5. The van der Waals surface area contributed by atoms with Crippen LogP contribution in [0.25, 0.3) is 0 Å². The lowest BCUT2D eigenvalue weighted by Gasteiger charge is -2.21. The third-order valence-corrected chi connectivity index (χ3v) is 13.9. The summed E-state index contributed by atoms with van der Waals surface area (Å²) >= 11 is 1.31. The molecule has 6 atom stereocenters. The third-order valence-electron chi connectivity index (χ3n) is 12.7. The van der Waals surface area contributed by atoms with Crippen LogP contribution < -0.4 is 10.6 Å². The van der Waals surface area contributed by atoms with Crippen molar-refractivity contribution in [3.05, 3.63) is 6.20 Å². The number of hydrogen-bond acceptors (Lipinski definition) is 13. The van der Waals surface area contributed by atoms with E-state index in [2.05, 4.69) is 41.7 Å². The monoisotopic (exact) mass is 982 g/mol. The molecular formula is C52H95N5O10S. The van der Waals surface area contributed by atoms with Crippen molar-refractivity contribution in [2.24, 2.45) is 0 Å². The van der Waals surface area contributed by atoms with Crippen molar-refractivity contribution in [2.75, 3.05) is 30.0 Å². The van der Waals surface area contributed by atoms with E-state index in [1.165, 1.54) is 140 Å². The summed E-state index contributed by atoms with van der Waals surface area (Å²) in [6.07, 6.45) is 31.0. The predicted molar refractivity (Wildman–Crippen MR) is 271 cm³/mol. The van der Waals surface area contributed by atoms with Gasteiger partial charge < -0.3 is 40.2 Å². The minimum Gasteiger partial charge on any atom is -0.462 e. The summed E-state index contributed by atoms with van der Waals surface area (Å²) in [7, 11) is 0. The summed E-state index contributed by atoms with van der Waals surface area (Å²) in [5.74, 6) is -1.11. The summed E-state index contributed by atoms with van der Waals surface area (Å²) in [5, 5.41) is 43.7. The number of carbonyl (C=O) groups excluding carboxylic acids is 4. The smallest absolute Gasteiger partial charge is 0.306 e. The minimum atomic E-state index is -1.39. The molecule has 2 heterocycles. The van der Waals surface area contributed by atoms with Crippen LogP contribution in [0.5, 0.6) is 0 Å². The lowest BCUT2D eigenvalue weighted by Crippen LogP contribution is -2.45. The largest absolute Gasteiger partial charge is 0.462 e. The first-order chi connectivity index (χ1) is 33.1. The Hall–Kier alpha value is -2.79. The van der Waals surface area contributed by atoms with Gasteiger partial charge in [-0.3, -0.25) is 19.2 Å². The number of carbonyl (C=O) groups is 4. The average Bonchev–Trinajstić information content (AvgIpc) is 3.91. The number of hydrogen-bond donors (Lipinski definition) is 5. The van der Waals surface area contributed by atoms with Gasteiger partial charge in [0.15, 0.2) is 12.0 Å². The van der Waals surface area contributed by atoms with Crippen LogP contribution in [0.2, 0.25) is 0 Å². The van der Waals surface area contributed by atoms with Crippen molar-refractivity contribution in [2.45, 2.75) is 269 Å². The maximum atomic E-state index is 13.8. The minimum absolute atomic E-state index is 0.0276. The SMILES string of the molecule is CCCCCCCCCCCCC(=O)N[C@H](CSC[C@@H](COC(=O)CCCCCCCCCCCC)OC(=O)CCCCCCCCCCCC)C(=O)Nc1cn([C@H]2OC(CO)[C@@H](O)[C@H]2O)nn1. The number of nitrogens with zero attached hydrogens (tertiary/aromatic N) is 3. The fraction of sp³-hybridized carbons (Fsp3) is 0.885. The molecule has 1 aromatic rings. The molecule has 16 heteroatoms. The molecule has 1 aliphatic heterocycles. The summed E-state index contributed by atoms with van der Waals surface area (Å²) in [6, 6.07) is -1.00. The Kier molecular flexibility index (Phi) is 36.9. The highest BCUT2D eigenvalue weighted by atomic mass is 32.2. The van der Waals surface area contributed by atoms with Gasteiger partial charge in [-0.05, 0) is 19.3 Å². The van der Waals surface area contributed by atoms with E-state index < -0.39 is 49.2 Å². The van der Waals surface area contributed by atoms with Crippen molar-refractivity contribution in [3.63, 3.8) is 0 Å². The Labute approximate surface area is 414 Å². The van der Waals surface area contributed by atoms with Crippen LogP contribution in [0.3, 0.4) is 0 Å². The molecule has 68 heavy (non-hydrogen) atoms. The molecule has 0 radical (unpaired) electrons. The first-order valence-electron chi connectivity index (χ1n) is 27.2. The van der Waals surface area contributed by atoms with Crippen LogP contribution in [0.4, 0.5) is 5.82 Å². The highest BCUT2D eigenvalue weighted by Gasteiger charge is 2.44. The molecule has 0 aromatic carbocycles. The molecule has 0 bridgehead atoms. The number of rotatable bonds is 45. The third kappa shape index (κ3) is 29.4. The highest BCUT2D eigenvalue weighted by molar-refractivity contribution is 7.99. The lowest BCUT2D eigenvalue weighted by molar-refractivity contribution is -0.157. The number of amides is 2. The predicted octanol–water partition coefficient (Wildman–Crippen LogP) is 10.4. The topological polar surface area (TPSA) is 211 Å². The van der Waals surface area contributed by atoms with E-state index in [1.807, 2.05) is 0 Å². The van der Waals surface area contributed by atoms with Crippen LogP contribution in [0.1, 0.15) is 239 Å². The molecule has 2 amide bonds. The summed E-state index contributed by atoms with van der Waals surface area (Å²) < 4.78 is 18.3. The van der Waals surface area contributed by atoms with E-state index in [-0.39, 0.29) is 54.6 Å². The molecule has 0 spiro atoms. The number of unbranched alkanes of at least 4 members (excludes halogenated alkanes) is 27. The zero-order chi connectivity index (χ0) is 49.5. The van der Waals surface area contributed by atoms with Gasteiger partial charge in [0.1, 0.15) is 37.1 Å². The molecule has 1 fully saturated rings. The highest BCUT2D eigenvalue weighted by Crippen LogP contribution is 2.29. The van der Waals surface area contributed by atoms with Gasteiger partial charge in [-0.2, -0.15) is 11.8 Å². The van der Waals surface area contributed by atoms with Crippen molar-refractivity contribution in [1.29, 1.82) is 0 Å². The molecule has 1 aromatic heterocycles. The second-order valence-electron chi connectivity index (χ2n) is 19.1. The van der Waals surface area contributed by atoms with E-state index >= 15 is 0 Å². The van der Waals surface area contributed by atoms with Crippen LogP contribution >= 0.6 is 11.8 Å². The number of ether oxygens (including phenoxy) is 3. The van der Waals surface area contributed by atoms with E-state index in [4.69, 9.17) is 14.2 Å². The summed E-state index contributed by atoms with van der Waals surface area (Å²) in [4.78, 5) is 53.0. The summed E-state index contributed by atoms with van der Waals surface area (Å²) in [5.41, 5.74) is 0. The van der Waals surface area contributed by atoms with E-state index in [9.17, 15) is 34.5 Å². The second-order valence-corrected chi connectivity index (χ2v) is 20.1. The normalized spacial score (nSPS) is 17.8.